The molecule has 0 bridgehead atoms. The average Bonchev–Trinajstić information content (AvgIpc) is 3.71. The van der Waals surface area contributed by atoms with Crippen LogP contribution in [0.3, 0.4) is 0 Å². The van der Waals surface area contributed by atoms with Crippen molar-refractivity contribution < 1.29 is 14.3 Å². The van der Waals surface area contributed by atoms with E-state index in [9.17, 15) is 28.7 Å². The smallest absolute Gasteiger partial charge is 0.336 e. The SMILES string of the molecule is CC(=O)Nc1cccc(-n2c(=O)n(C3C=C3)c(=O)c3c(Nc4ccc(I)cc4F)n(CCO)c(=O)c(C)c32)c1. The number of fused-ring (bicyclic) bond motifs is 1. The Labute approximate surface area is 234 Å². The number of aryl methyl sites for hydroxylation is 1. The average molecular weight is 643 g/mol. The van der Waals surface area contributed by atoms with Crippen LogP contribution in [0.25, 0.3) is 16.6 Å². The number of hydrogen-bond acceptors (Lipinski definition) is 6. The van der Waals surface area contributed by atoms with Crippen molar-refractivity contribution in [2.45, 2.75) is 26.4 Å². The zero-order valence-corrected chi connectivity index (χ0v) is 23.0. The van der Waals surface area contributed by atoms with Crippen LogP contribution in [-0.4, -0.2) is 31.3 Å². The minimum absolute atomic E-state index is 0.00700. The quantitative estimate of drug-likeness (QED) is 0.210. The summed E-state index contributed by atoms with van der Waals surface area (Å²) in [5.41, 5.74) is -1.09. The molecule has 200 valence electrons. The van der Waals surface area contributed by atoms with Crippen molar-refractivity contribution in [1.82, 2.24) is 13.7 Å². The maximum Gasteiger partial charge on any atom is 0.336 e. The van der Waals surface area contributed by atoms with Crippen molar-refractivity contribution in [1.29, 1.82) is 0 Å². The molecule has 0 saturated heterocycles. The Morgan fingerprint density at radius 3 is 2.49 bits per heavy atom. The molecule has 5 rings (SSSR count). The van der Waals surface area contributed by atoms with Crippen LogP contribution in [0.1, 0.15) is 18.5 Å². The van der Waals surface area contributed by atoms with Gasteiger partial charge in [0.05, 0.1) is 36.1 Å². The molecule has 2 aromatic heterocycles. The highest BCUT2D eigenvalue weighted by Gasteiger charge is 2.28. The lowest BCUT2D eigenvalue weighted by molar-refractivity contribution is -0.114. The number of allylic oxidation sites excluding steroid dienone is 2. The van der Waals surface area contributed by atoms with Crippen molar-refractivity contribution in [3.8, 4) is 5.69 Å². The number of hydrogen-bond donors (Lipinski definition) is 3. The first-order valence-electron chi connectivity index (χ1n) is 12.0. The third-order valence-corrected chi connectivity index (χ3v) is 6.98. The maximum absolute atomic E-state index is 14.9. The first-order chi connectivity index (χ1) is 18.6. The fourth-order valence-electron chi connectivity index (χ4n) is 4.54. The summed E-state index contributed by atoms with van der Waals surface area (Å²) in [6.45, 7) is 2.23. The molecule has 1 aliphatic rings. The molecular formula is C27H23FIN5O5. The third kappa shape index (κ3) is 4.81. The fourth-order valence-corrected chi connectivity index (χ4v) is 5.00. The van der Waals surface area contributed by atoms with E-state index in [1.54, 1.807) is 42.5 Å². The van der Waals surface area contributed by atoms with Gasteiger partial charge >= 0.3 is 5.69 Å². The van der Waals surface area contributed by atoms with Gasteiger partial charge in [0.25, 0.3) is 11.1 Å². The molecule has 0 aliphatic heterocycles. The molecule has 2 heterocycles. The number of aliphatic hydroxyl groups is 1. The zero-order chi connectivity index (χ0) is 28.0. The number of rotatable bonds is 7. The van der Waals surface area contributed by atoms with Crippen LogP contribution in [0.5, 0.6) is 0 Å². The van der Waals surface area contributed by atoms with Gasteiger partial charge in [0, 0.05) is 21.7 Å². The maximum atomic E-state index is 14.9. The lowest BCUT2D eigenvalue weighted by atomic mass is 10.1. The number of benzene rings is 2. The number of pyridine rings is 1. The Morgan fingerprint density at radius 1 is 1.10 bits per heavy atom. The molecule has 0 saturated carbocycles. The van der Waals surface area contributed by atoms with Gasteiger partial charge in [0.1, 0.15) is 17.0 Å². The number of carbonyl (C=O) groups excluding carboxylic acids is 1. The number of halogens is 2. The summed E-state index contributed by atoms with van der Waals surface area (Å²) < 4.78 is 19.0. The van der Waals surface area contributed by atoms with Crippen molar-refractivity contribution in [2.24, 2.45) is 0 Å². The molecule has 0 radical (unpaired) electrons. The molecule has 0 unspecified atom stereocenters. The van der Waals surface area contributed by atoms with Crippen molar-refractivity contribution in [3.63, 3.8) is 0 Å². The predicted octanol–water partition coefficient (Wildman–Crippen LogP) is 3.17. The summed E-state index contributed by atoms with van der Waals surface area (Å²) in [6.07, 6.45) is 3.35. The summed E-state index contributed by atoms with van der Waals surface area (Å²) >= 11 is 1.96. The second-order valence-electron chi connectivity index (χ2n) is 9.03. The Bertz CT molecular complexity index is 1870. The molecule has 39 heavy (non-hydrogen) atoms. The predicted molar refractivity (Wildman–Crippen MR) is 155 cm³/mol. The highest BCUT2D eigenvalue weighted by molar-refractivity contribution is 14.1. The van der Waals surface area contributed by atoms with E-state index in [1.807, 2.05) is 22.6 Å². The topological polar surface area (TPSA) is 127 Å². The van der Waals surface area contributed by atoms with Crippen LogP contribution >= 0.6 is 22.6 Å². The summed E-state index contributed by atoms with van der Waals surface area (Å²) in [4.78, 5) is 53.0. The highest BCUT2D eigenvalue weighted by atomic mass is 127. The lowest BCUT2D eigenvalue weighted by Gasteiger charge is -2.22. The van der Waals surface area contributed by atoms with E-state index in [1.165, 1.54) is 35.1 Å². The minimum atomic E-state index is -0.684. The molecule has 3 N–H and O–H groups in total. The van der Waals surface area contributed by atoms with Crippen LogP contribution in [0, 0.1) is 16.3 Å². The summed E-state index contributed by atoms with van der Waals surface area (Å²) in [5.74, 6) is -0.981. The van der Waals surface area contributed by atoms with Gasteiger partial charge in [-0.1, -0.05) is 18.2 Å². The van der Waals surface area contributed by atoms with Gasteiger partial charge in [-0.25, -0.2) is 13.8 Å². The molecule has 1 amide bonds. The largest absolute Gasteiger partial charge is 0.395 e. The third-order valence-electron chi connectivity index (χ3n) is 6.31. The van der Waals surface area contributed by atoms with E-state index in [4.69, 9.17) is 0 Å². The summed E-state index contributed by atoms with van der Waals surface area (Å²) in [6, 6.07) is 10.3. The number of aromatic nitrogens is 3. The standard InChI is InChI=1S/C27H23FIN5O5/c1-14-23-22(24(32(10-11-35)25(14)37)31-21-9-6-16(29)12-20(21)28)26(38)34(18-7-8-18)27(39)33(23)19-5-3-4-17(13-19)30-15(2)36/h3-9,12-13,18,31,35H,10-11H2,1-2H3,(H,30,36). The number of nitrogens with one attached hydrogen (secondary N) is 2. The molecule has 0 fully saturated rings. The summed E-state index contributed by atoms with van der Waals surface area (Å²) in [5, 5.41) is 15.3. The van der Waals surface area contributed by atoms with Crippen LogP contribution < -0.4 is 27.4 Å². The van der Waals surface area contributed by atoms with Gasteiger partial charge in [-0.15, -0.1) is 0 Å². The van der Waals surface area contributed by atoms with E-state index in [-0.39, 0.29) is 40.4 Å². The number of anilines is 3. The Balaban J connectivity index is 1.93. The monoisotopic (exact) mass is 643 g/mol. The number of carbonyl (C=O) groups is 1. The van der Waals surface area contributed by atoms with E-state index < -0.39 is 35.3 Å². The van der Waals surface area contributed by atoms with Gasteiger partial charge in [-0.3, -0.25) is 23.5 Å². The molecule has 10 nitrogen and oxygen atoms in total. The fraction of sp³-hybridized carbons (Fsp3) is 0.185. The van der Waals surface area contributed by atoms with E-state index >= 15 is 0 Å². The van der Waals surface area contributed by atoms with Crippen LogP contribution in [0.2, 0.25) is 0 Å². The summed E-state index contributed by atoms with van der Waals surface area (Å²) in [7, 11) is 0. The van der Waals surface area contributed by atoms with Crippen LogP contribution in [0.4, 0.5) is 21.6 Å². The first kappa shape index (κ1) is 26.6. The number of amides is 1. The lowest BCUT2D eigenvalue weighted by Crippen LogP contribution is -2.41. The van der Waals surface area contributed by atoms with Gasteiger partial charge < -0.3 is 15.7 Å². The molecule has 2 aromatic carbocycles. The van der Waals surface area contributed by atoms with E-state index in [0.29, 0.717) is 14.9 Å². The second kappa shape index (κ2) is 10.3. The normalized spacial score (nSPS) is 12.6. The van der Waals surface area contributed by atoms with Gasteiger partial charge in [-0.05, 0) is 65.9 Å². The Kier molecular flexibility index (Phi) is 6.99. The number of aliphatic hydroxyl groups excluding tert-OH is 1. The van der Waals surface area contributed by atoms with Crippen LogP contribution in [0.15, 0.2) is 69.0 Å². The van der Waals surface area contributed by atoms with Crippen LogP contribution in [-0.2, 0) is 11.3 Å². The Morgan fingerprint density at radius 2 is 1.85 bits per heavy atom. The van der Waals surface area contributed by atoms with Gasteiger partial charge in [0.15, 0.2) is 0 Å². The second-order valence-corrected chi connectivity index (χ2v) is 10.3. The van der Waals surface area contributed by atoms with Crippen molar-refractivity contribution in [3.05, 3.63) is 101 Å². The van der Waals surface area contributed by atoms with E-state index in [0.717, 1.165) is 4.57 Å². The highest BCUT2D eigenvalue weighted by Crippen LogP contribution is 2.30. The number of nitrogens with zero attached hydrogens (tertiary/aromatic N) is 3. The van der Waals surface area contributed by atoms with E-state index in [2.05, 4.69) is 10.6 Å². The first-order valence-corrected chi connectivity index (χ1v) is 13.0. The molecule has 1 aliphatic carbocycles. The molecule has 0 atom stereocenters. The van der Waals surface area contributed by atoms with Gasteiger partial charge in [0.2, 0.25) is 5.91 Å². The minimum Gasteiger partial charge on any atom is -0.395 e. The van der Waals surface area contributed by atoms with Crippen molar-refractivity contribution in [2.75, 3.05) is 17.2 Å². The molecular weight excluding hydrogens is 620 g/mol. The zero-order valence-electron chi connectivity index (χ0n) is 20.9. The molecule has 12 heteroatoms. The molecule has 0 spiro atoms. The molecule has 4 aromatic rings. The van der Waals surface area contributed by atoms with Gasteiger partial charge in [-0.2, -0.15) is 0 Å². The Hall–Kier alpha value is -4.04. The van der Waals surface area contributed by atoms with Crippen molar-refractivity contribution >= 4 is 56.6 Å².